The number of methoxy groups -OCH3 is 2. The first-order chi connectivity index (χ1) is 22.7. The summed E-state index contributed by atoms with van der Waals surface area (Å²) in [6.07, 6.45) is 4.34. The van der Waals surface area contributed by atoms with E-state index in [9.17, 15) is 9.59 Å². The minimum Gasteiger partial charge on any atom is -0.494 e. The zero-order valence-corrected chi connectivity index (χ0v) is 26.4. The van der Waals surface area contributed by atoms with Crippen LogP contribution in [0.25, 0.3) is 11.0 Å². The van der Waals surface area contributed by atoms with Gasteiger partial charge in [0.15, 0.2) is 34.5 Å². The number of furan rings is 1. The van der Waals surface area contributed by atoms with Gasteiger partial charge in [-0.05, 0) is 49.7 Å². The van der Waals surface area contributed by atoms with Crippen LogP contribution in [-0.4, -0.2) is 74.6 Å². The highest BCUT2D eigenvalue weighted by Crippen LogP contribution is 2.40. The molecular formula is C34H36F2N6O5. The number of hydrogen-bond donors (Lipinski definition) is 3. The van der Waals surface area contributed by atoms with Gasteiger partial charge in [0, 0.05) is 49.4 Å². The minimum atomic E-state index is -1.17. The molecule has 2 aliphatic rings. The van der Waals surface area contributed by atoms with Crippen molar-refractivity contribution < 1.29 is 32.3 Å². The number of hydrogen-bond acceptors (Lipinski definition) is 10. The van der Waals surface area contributed by atoms with Crippen LogP contribution < -0.4 is 30.3 Å². The average molecular weight is 647 g/mol. The van der Waals surface area contributed by atoms with E-state index in [0.717, 1.165) is 57.3 Å². The third-order valence-corrected chi connectivity index (χ3v) is 8.40. The molecule has 2 fully saturated rings. The molecule has 0 radical (unpaired) electrons. The van der Waals surface area contributed by atoms with Gasteiger partial charge < -0.3 is 39.6 Å². The van der Waals surface area contributed by atoms with Gasteiger partial charge in [0.1, 0.15) is 11.4 Å². The number of nitrogens with zero attached hydrogens (tertiary/aromatic N) is 3. The van der Waals surface area contributed by atoms with E-state index in [-0.39, 0.29) is 34.8 Å². The van der Waals surface area contributed by atoms with Crippen molar-refractivity contribution in [2.75, 3.05) is 67.8 Å². The molecule has 2 aromatic carbocycles. The number of aromatic nitrogens is 1. The van der Waals surface area contributed by atoms with Gasteiger partial charge in [-0.15, -0.1) is 0 Å². The van der Waals surface area contributed by atoms with Crippen LogP contribution in [0.15, 0.2) is 53.6 Å². The molecule has 0 bridgehead atoms. The molecular weight excluding hydrogens is 610 g/mol. The highest BCUT2D eigenvalue weighted by molar-refractivity contribution is 6.15. The Bertz CT molecular complexity index is 1820. The molecule has 3 heterocycles. The predicted octanol–water partition coefficient (Wildman–Crippen LogP) is 5.94. The van der Waals surface area contributed by atoms with Crippen molar-refractivity contribution in [2.45, 2.75) is 25.8 Å². The molecule has 2 aromatic heterocycles. The molecule has 0 atom stereocenters. The zero-order valence-electron chi connectivity index (χ0n) is 26.4. The first-order valence-corrected chi connectivity index (χ1v) is 15.4. The van der Waals surface area contributed by atoms with Gasteiger partial charge >= 0.3 is 0 Å². The van der Waals surface area contributed by atoms with Gasteiger partial charge in [-0.1, -0.05) is 13.5 Å². The third kappa shape index (κ3) is 6.43. The van der Waals surface area contributed by atoms with E-state index >= 15 is 8.78 Å². The molecule has 1 saturated heterocycles. The fourth-order valence-corrected chi connectivity index (χ4v) is 5.59. The van der Waals surface area contributed by atoms with Crippen LogP contribution >= 0.6 is 0 Å². The number of rotatable bonds is 12. The van der Waals surface area contributed by atoms with Crippen LogP contribution in [-0.2, 0) is 4.79 Å². The monoisotopic (exact) mass is 646 g/mol. The van der Waals surface area contributed by atoms with E-state index in [1.54, 1.807) is 6.07 Å². The largest absolute Gasteiger partial charge is 0.494 e. The third-order valence-electron chi connectivity index (χ3n) is 8.40. The van der Waals surface area contributed by atoms with E-state index in [0.29, 0.717) is 28.3 Å². The fraction of sp³-hybridized carbons (Fsp3) is 0.324. The van der Waals surface area contributed by atoms with E-state index in [4.69, 9.17) is 13.9 Å². The Morgan fingerprint density at radius 2 is 1.74 bits per heavy atom. The number of piperazine rings is 1. The van der Waals surface area contributed by atoms with Crippen molar-refractivity contribution in [3.63, 3.8) is 0 Å². The molecule has 0 spiro atoms. The summed E-state index contributed by atoms with van der Waals surface area (Å²) in [6, 6.07) is 8.53. The van der Waals surface area contributed by atoms with E-state index in [2.05, 4.69) is 44.2 Å². The van der Waals surface area contributed by atoms with Crippen molar-refractivity contribution >= 4 is 51.2 Å². The Balaban J connectivity index is 1.36. The lowest BCUT2D eigenvalue weighted by Crippen LogP contribution is -2.46. The summed E-state index contributed by atoms with van der Waals surface area (Å²) in [7, 11) is 2.42. The Labute approximate surface area is 270 Å². The number of carbonyl (C=O) groups excluding carboxylic acids is 2. The standard InChI is InChI=1S/C34H36F2N6O5/c1-5-28(43)40-23-15-20(42-13-11-41(6-2)12-14-42)9-10-22(23)39-27-16-21-26(18-37-27)47-34(32(21)38-19-7-8-19)33(44)29-30(35)24(45-3)17-25(46-4)31(29)36/h5,9-10,15-19,38H,1,6-8,11-14H2,2-4H3,(H,37,39)(H,40,43). The highest BCUT2D eigenvalue weighted by atomic mass is 19.1. The van der Waals surface area contributed by atoms with Crippen LogP contribution in [0.3, 0.4) is 0 Å². The number of pyridine rings is 1. The molecule has 3 N–H and O–H groups in total. The second kappa shape index (κ2) is 13.3. The first-order valence-electron chi connectivity index (χ1n) is 15.4. The Kier molecular flexibility index (Phi) is 8.99. The average Bonchev–Trinajstić information content (AvgIpc) is 3.85. The molecule has 4 aromatic rings. The number of ether oxygens (including phenoxy) is 2. The predicted molar refractivity (Wildman–Crippen MR) is 176 cm³/mol. The summed E-state index contributed by atoms with van der Waals surface area (Å²) in [5.41, 5.74) is 1.75. The molecule has 11 nitrogen and oxygen atoms in total. The Morgan fingerprint density at radius 1 is 1.04 bits per heavy atom. The maximum Gasteiger partial charge on any atom is 0.247 e. The number of likely N-dealkylation sites (N-methyl/N-ethyl adjacent to an activating group) is 1. The number of halogens is 2. The number of nitrogens with one attached hydrogen (secondary N) is 3. The van der Waals surface area contributed by atoms with Gasteiger partial charge in [0.25, 0.3) is 0 Å². The summed E-state index contributed by atoms with van der Waals surface area (Å²) >= 11 is 0. The second-order valence-corrected chi connectivity index (χ2v) is 11.4. The van der Waals surface area contributed by atoms with Gasteiger partial charge in [-0.3, -0.25) is 9.59 Å². The molecule has 1 saturated carbocycles. The normalized spacial score (nSPS) is 15.0. The first kappa shape index (κ1) is 31.8. The summed E-state index contributed by atoms with van der Waals surface area (Å²) in [5, 5.41) is 9.91. The van der Waals surface area contributed by atoms with E-state index in [1.165, 1.54) is 26.5 Å². The Morgan fingerprint density at radius 3 is 2.36 bits per heavy atom. The highest BCUT2D eigenvalue weighted by Gasteiger charge is 2.33. The lowest BCUT2D eigenvalue weighted by atomic mass is 10.0. The number of carbonyl (C=O) groups is 2. The Hall–Kier alpha value is -5.17. The summed E-state index contributed by atoms with van der Waals surface area (Å²) in [4.78, 5) is 35.3. The quantitative estimate of drug-likeness (QED) is 0.126. The number of benzene rings is 2. The van der Waals surface area contributed by atoms with Gasteiger partial charge in [0.2, 0.25) is 11.7 Å². The van der Waals surface area contributed by atoms with Crippen LogP contribution in [0.2, 0.25) is 0 Å². The van der Waals surface area contributed by atoms with Crippen molar-refractivity contribution in [1.82, 2.24) is 9.88 Å². The van der Waals surface area contributed by atoms with Crippen LogP contribution in [0.5, 0.6) is 11.5 Å². The lowest BCUT2D eigenvalue weighted by molar-refractivity contribution is -0.111. The molecule has 0 unspecified atom stereocenters. The number of ketones is 1. The molecule has 246 valence electrons. The molecule has 13 heteroatoms. The lowest BCUT2D eigenvalue weighted by Gasteiger charge is -2.35. The van der Waals surface area contributed by atoms with E-state index in [1.807, 2.05) is 18.2 Å². The SMILES string of the molecule is C=CC(=O)Nc1cc(N2CCN(CC)CC2)ccc1Nc1cc2c(NC3CC3)c(C(=O)c3c(F)c(OC)cc(OC)c3F)oc2cn1. The number of amides is 1. The summed E-state index contributed by atoms with van der Waals surface area (Å²) in [5.74, 6) is -4.30. The number of fused-ring (bicyclic) bond motifs is 1. The maximum atomic E-state index is 15.3. The van der Waals surface area contributed by atoms with Crippen LogP contribution in [0, 0.1) is 11.6 Å². The van der Waals surface area contributed by atoms with Gasteiger partial charge in [-0.2, -0.15) is 0 Å². The number of anilines is 5. The summed E-state index contributed by atoms with van der Waals surface area (Å²) < 4.78 is 46.6. The van der Waals surface area contributed by atoms with E-state index < -0.39 is 23.0 Å². The maximum absolute atomic E-state index is 15.3. The van der Waals surface area contributed by atoms with Gasteiger partial charge in [-0.25, -0.2) is 13.8 Å². The summed E-state index contributed by atoms with van der Waals surface area (Å²) in [6.45, 7) is 10.4. The van der Waals surface area contributed by atoms with Crippen molar-refractivity contribution in [2.24, 2.45) is 0 Å². The van der Waals surface area contributed by atoms with Crippen LogP contribution in [0.4, 0.5) is 37.3 Å². The zero-order chi connectivity index (χ0) is 33.2. The van der Waals surface area contributed by atoms with Crippen molar-refractivity contribution in [3.05, 3.63) is 72.1 Å². The molecule has 1 aliphatic carbocycles. The molecule has 1 aliphatic heterocycles. The minimum absolute atomic E-state index is 0.0638. The van der Waals surface area contributed by atoms with Crippen molar-refractivity contribution in [1.29, 1.82) is 0 Å². The smallest absolute Gasteiger partial charge is 0.247 e. The second-order valence-electron chi connectivity index (χ2n) is 11.4. The molecule has 47 heavy (non-hydrogen) atoms. The van der Waals surface area contributed by atoms with Gasteiger partial charge in [0.05, 0.1) is 37.5 Å². The van der Waals surface area contributed by atoms with Crippen molar-refractivity contribution in [3.8, 4) is 11.5 Å². The molecule has 1 amide bonds. The topological polar surface area (TPSA) is 121 Å². The molecule has 6 rings (SSSR count). The fourth-order valence-electron chi connectivity index (χ4n) is 5.59. The van der Waals surface area contributed by atoms with Crippen LogP contribution in [0.1, 0.15) is 35.9 Å².